The molecular weight excluding hydrogens is 476 g/mol. The molecule has 1 unspecified atom stereocenters. The van der Waals surface area contributed by atoms with Crippen LogP contribution in [0.2, 0.25) is 0 Å². The van der Waals surface area contributed by atoms with Gasteiger partial charge in [-0.2, -0.15) is 4.72 Å². The molecule has 12 nitrogen and oxygen atoms in total. The zero-order valence-electron chi connectivity index (χ0n) is 18.7. The molecule has 0 amide bonds. The zero-order chi connectivity index (χ0) is 25.8. The molecule has 0 radical (unpaired) electrons. The van der Waals surface area contributed by atoms with E-state index in [4.69, 9.17) is 22.0 Å². The number of carboxylic acid groups (broad SMARTS) is 1. The van der Waals surface area contributed by atoms with Crippen molar-refractivity contribution < 1.29 is 28.0 Å². The van der Waals surface area contributed by atoms with Crippen LogP contribution < -0.4 is 27.4 Å². The van der Waals surface area contributed by atoms with Crippen molar-refractivity contribution in [2.45, 2.75) is 36.4 Å². The molecule has 186 valence electrons. The highest BCUT2D eigenvalue weighted by atomic mass is 32.2. The number of Topliss-reactive ketones (excluding diaryl/α,β-unsaturated/α-hetero) is 1. The van der Waals surface area contributed by atoms with Crippen molar-refractivity contribution in [2.24, 2.45) is 22.2 Å². The normalized spacial score (nSPS) is 17.1. The van der Waals surface area contributed by atoms with Crippen LogP contribution in [0.5, 0.6) is 0 Å². The smallest absolute Gasteiger partial charge is 0.323 e. The lowest BCUT2D eigenvalue weighted by Gasteiger charge is -2.21. The fourth-order valence-electron chi connectivity index (χ4n) is 3.33. The fourth-order valence-corrected chi connectivity index (χ4v) is 4.65. The fraction of sp³-hybridized carbons (Fsp3) is 0.227. The number of benzene rings is 2. The second kappa shape index (κ2) is 10.7. The van der Waals surface area contributed by atoms with Gasteiger partial charge in [-0.05, 0) is 48.4 Å². The van der Waals surface area contributed by atoms with Crippen molar-refractivity contribution >= 4 is 39.1 Å². The van der Waals surface area contributed by atoms with Crippen molar-refractivity contribution in [2.75, 3.05) is 0 Å². The van der Waals surface area contributed by atoms with Crippen LogP contribution in [0.15, 0.2) is 64.5 Å². The number of carbonyl (C=O) groups is 2. The van der Waals surface area contributed by atoms with Crippen molar-refractivity contribution in [1.29, 1.82) is 0 Å². The van der Waals surface area contributed by atoms with E-state index in [0.717, 1.165) is 5.56 Å². The number of carbonyl (C=O) groups excluding carboxylic acids is 1. The number of nitrogens with two attached hydrogens (primary N) is 3. The van der Waals surface area contributed by atoms with Crippen molar-refractivity contribution in [3.05, 3.63) is 65.7 Å². The third-order valence-electron chi connectivity index (χ3n) is 5.09. The zero-order valence-corrected chi connectivity index (χ0v) is 19.5. The van der Waals surface area contributed by atoms with Crippen LogP contribution in [-0.2, 0) is 24.4 Å². The summed E-state index contributed by atoms with van der Waals surface area (Å²) in [5.74, 6) is -2.35. The largest absolute Gasteiger partial charge is 0.480 e. The molecule has 0 saturated heterocycles. The number of nitrogens with zero attached hydrogens (tertiary/aromatic N) is 1. The molecule has 13 heteroatoms. The van der Waals surface area contributed by atoms with Gasteiger partial charge in [0, 0.05) is 6.42 Å². The number of hydroxylamine groups is 1. The number of guanidine groups is 1. The SMILES string of the molecule is Cc1cccc(S(=O)(=O)NC(C(=O)O)[C@H](N)C(=O)C[C@H]2C=C(c3ccc(N=C(N)N)cc3)NO2)c1. The van der Waals surface area contributed by atoms with E-state index in [0.29, 0.717) is 16.9 Å². The summed E-state index contributed by atoms with van der Waals surface area (Å²) in [6, 6.07) is 9.24. The van der Waals surface area contributed by atoms with E-state index in [9.17, 15) is 23.1 Å². The van der Waals surface area contributed by atoms with Crippen LogP contribution in [0, 0.1) is 6.92 Å². The molecule has 0 aromatic heterocycles. The van der Waals surface area contributed by atoms with Gasteiger partial charge in [0.05, 0.1) is 22.3 Å². The van der Waals surface area contributed by atoms with Crippen LogP contribution in [0.25, 0.3) is 5.70 Å². The van der Waals surface area contributed by atoms with Gasteiger partial charge in [-0.25, -0.2) is 13.4 Å². The maximum atomic E-state index is 12.7. The number of carboxylic acids is 1. The molecule has 0 spiro atoms. The summed E-state index contributed by atoms with van der Waals surface area (Å²) in [7, 11) is -4.23. The van der Waals surface area contributed by atoms with Crippen LogP contribution in [0.3, 0.4) is 0 Å². The van der Waals surface area contributed by atoms with Crippen molar-refractivity contribution in [1.82, 2.24) is 10.2 Å². The molecule has 1 heterocycles. The van der Waals surface area contributed by atoms with Gasteiger partial charge in [0.25, 0.3) is 0 Å². The third-order valence-corrected chi connectivity index (χ3v) is 6.53. The number of aliphatic imine (C=N–C) groups is 1. The Morgan fingerprint density at radius 2 is 1.89 bits per heavy atom. The minimum atomic E-state index is -4.23. The van der Waals surface area contributed by atoms with E-state index in [1.165, 1.54) is 18.2 Å². The Labute approximate surface area is 201 Å². The summed E-state index contributed by atoms with van der Waals surface area (Å²) in [6.07, 6.45) is 0.607. The molecule has 0 saturated carbocycles. The maximum absolute atomic E-state index is 12.7. The summed E-state index contributed by atoms with van der Waals surface area (Å²) in [6.45, 7) is 1.69. The Kier molecular flexibility index (Phi) is 7.86. The van der Waals surface area contributed by atoms with Gasteiger partial charge in [0.15, 0.2) is 11.7 Å². The first-order chi connectivity index (χ1) is 16.5. The summed E-state index contributed by atoms with van der Waals surface area (Å²) >= 11 is 0. The van der Waals surface area contributed by atoms with Crippen LogP contribution in [-0.4, -0.2) is 49.4 Å². The number of sulfonamides is 1. The number of aliphatic carboxylic acids is 1. The minimum absolute atomic E-state index is 0.0740. The van der Waals surface area contributed by atoms with Gasteiger partial charge in [-0.15, -0.1) is 0 Å². The van der Waals surface area contributed by atoms with Crippen LogP contribution in [0.4, 0.5) is 5.69 Å². The first-order valence-electron chi connectivity index (χ1n) is 10.4. The lowest BCUT2D eigenvalue weighted by molar-refractivity contribution is -0.141. The molecule has 2 aromatic rings. The van der Waals surface area contributed by atoms with Gasteiger partial charge < -0.3 is 22.3 Å². The highest BCUT2D eigenvalue weighted by molar-refractivity contribution is 7.89. The van der Waals surface area contributed by atoms with Crippen LogP contribution in [0.1, 0.15) is 17.5 Å². The average Bonchev–Trinajstić information content (AvgIpc) is 3.25. The average molecular weight is 503 g/mol. The Morgan fingerprint density at radius 1 is 1.20 bits per heavy atom. The first kappa shape index (κ1) is 25.8. The minimum Gasteiger partial charge on any atom is -0.480 e. The molecule has 3 rings (SSSR count). The third kappa shape index (κ3) is 6.64. The van der Waals surface area contributed by atoms with E-state index >= 15 is 0 Å². The Morgan fingerprint density at radius 3 is 2.49 bits per heavy atom. The molecule has 0 aliphatic carbocycles. The van der Waals surface area contributed by atoms with Gasteiger partial charge in [-0.1, -0.05) is 24.3 Å². The second-order valence-corrected chi connectivity index (χ2v) is 9.59. The molecule has 2 aromatic carbocycles. The highest BCUT2D eigenvalue weighted by Crippen LogP contribution is 2.23. The molecule has 9 N–H and O–H groups in total. The van der Waals surface area contributed by atoms with E-state index in [1.54, 1.807) is 43.3 Å². The highest BCUT2D eigenvalue weighted by Gasteiger charge is 2.36. The lowest BCUT2D eigenvalue weighted by atomic mass is 10.00. The summed E-state index contributed by atoms with van der Waals surface area (Å²) in [4.78, 5) is 33.6. The van der Waals surface area contributed by atoms with Gasteiger partial charge >= 0.3 is 5.97 Å². The maximum Gasteiger partial charge on any atom is 0.323 e. The predicted molar refractivity (Wildman–Crippen MR) is 128 cm³/mol. The number of aryl methyl sites for hydroxylation is 1. The molecule has 1 aliphatic heterocycles. The number of hydrogen-bond donors (Lipinski definition) is 6. The number of nitrogens with one attached hydrogen (secondary N) is 2. The second-order valence-electron chi connectivity index (χ2n) is 7.87. The molecule has 1 aliphatic rings. The number of hydrogen-bond acceptors (Lipinski definition) is 8. The topological polar surface area (TPSA) is 212 Å². The number of rotatable bonds is 10. The van der Waals surface area contributed by atoms with Gasteiger partial charge in [-0.3, -0.25) is 19.9 Å². The van der Waals surface area contributed by atoms with Gasteiger partial charge in [0.2, 0.25) is 10.0 Å². The first-order valence-corrected chi connectivity index (χ1v) is 11.9. The molecule has 0 fully saturated rings. The van der Waals surface area contributed by atoms with E-state index in [2.05, 4.69) is 10.5 Å². The van der Waals surface area contributed by atoms with Crippen molar-refractivity contribution in [3.63, 3.8) is 0 Å². The quantitative estimate of drug-likeness (QED) is 0.187. The van der Waals surface area contributed by atoms with E-state index < -0.39 is 40.0 Å². The Balaban J connectivity index is 1.68. The van der Waals surface area contributed by atoms with E-state index in [-0.39, 0.29) is 17.3 Å². The van der Waals surface area contributed by atoms with Crippen molar-refractivity contribution in [3.8, 4) is 0 Å². The lowest BCUT2D eigenvalue weighted by Crippen LogP contribution is -2.56. The predicted octanol–water partition coefficient (Wildman–Crippen LogP) is -0.138. The van der Waals surface area contributed by atoms with E-state index in [1.807, 2.05) is 4.72 Å². The number of ketones is 1. The summed E-state index contributed by atoms with van der Waals surface area (Å²) in [5, 5.41) is 9.55. The van der Waals surface area contributed by atoms with Gasteiger partial charge in [0.1, 0.15) is 12.1 Å². The molecule has 0 bridgehead atoms. The molecular formula is C22H26N6O6S. The molecule has 3 atom stereocenters. The molecule has 35 heavy (non-hydrogen) atoms. The van der Waals surface area contributed by atoms with Crippen LogP contribution >= 0.6 is 0 Å². The standard InChI is InChI=1S/C22H26N6O6S/c1-12-3-2-4-16(9-12)35(32,33)28-20(21(30)31)19(23)18(29)11-15-10-17(27-34-15)13-5-7-14(8-6-13)26-22(24)25/h2-10,15,19-20,27-28H,11,23H2,1H3,(H,30,31)(H4,24,25,26)/t15-,19-,20?/m1/s1. The Bertz CT molecular complexity index is 1270. The Hall–Kier alpha value is -3.78. The summed E-state index contributed by atoms with van der Waals surface area (Å²) < 4.78 is 27.3. The monoisotopic (exact) mass is 502 g/mol. The summed E-state index contributed by atoms with van der Waals surface area (Å²) in [5.41, 5.74) is 21.8.